The molecule has 1 aromatic heterocycles. The molecule has 0 atom stereocenters. The van der Waals surface area contributed by atoms with Crippen molar-refractivity contribution in [3.63, 3.8) is 0 Å². The number of aryl methyl sites for hydroxylation is 1. The summed E-state index contributed by atoms with van der Waals surface area (Å²) in [6.45, 7) is 2.23. The van der Waals surface area contributed by atoms with E-state index in [1.807, 2.05) is 13.0 Å². The smallest absolute Gasteiger partial charge is 0.188 e. The maximum absolute atomic E-state index is 5.15. The molecular weight excluding hydrogens is 142 g/mol. The number of rotatable bonds is 3. The molecule has 0 aliphatic heterocycles. The maximum Gasteiger partial charge on any atom is 0.188 e. The van der Waals surface area contributed by atoms with Gasteiger partial charge in [0.05, 0.1) is 6.20 Å². The SMILES string of the molecule is COCOc1cncc(C)c1. The van der Waals surface area contributed by atoms with Gasteiger partial charge in [-0.25, -0.2) is 0 Å². The Morgan fingerprint density at radius 1 is 1.45 bits per heavy atom. The van der Waals surface area contributed by atoms with E-state index in [1.165, 1.54) is 0 Å². The van der Waals surface area contributed by atoms with Crippen LogP contribution in [0.5, 0.6) is 5.75 Å². The number of nitrogens with zero attached hydrogens (tertiary/aromatic N) is 1. The molecule has 1 aromatic rings. The third-order valence-corrected chi connectivity index (χ3v) is 1.19. The highest BCUT2D eigenvalue weighted by molar-refractivity contribution is 5.21. The Labute approximate surface area is 66.0 Å². The van der Waals surface area contributed by atoms with Gasteiger partial charge in [0.15, 0.2) is 6.79 Å². The van der Waals surface area contributed by atoms with E-state index in [4.69, 9.17) is 9.47 Å². The van der Waals surface area contributed by atoms with Crippen LogP contribution in [0.25, 0.3) is 0 Å². The third kappa shape index (κ3) is 2.55. The second-order valence-electron chi connectivity index (χ2n) is 2.25. The number of ether oxygens (including phenoxy) is 2. The Kier molecular flexibility index (Phi) is 2.86. The highest BCUT2D eigenvalue weighted by atomic mass is 16.7. The Morgan fingerprint density at radius 3 is 2.91 bits per heavy atom. The minimum Gasteiger partial charge on any atom is -0.466 e. The molecule has 1 rings (SSSR count). The Bertz CT molecular complexity index is 225. The van der Waals surface area contributed by atoms with Crippen LogP contribution >= 0.6 is 0 Å². The molecule has 0 aliphatic carbocycles. The second-order valence-corrected chi connectivity index (χ2v) is 2.25. The fourth-order valence-corrected chi connectivity index (χ4v) is 0.733. The van der Waals surface area contributed by atoms with Gasteiger partial charge in [0.25, 0.3) is 0 Å². The van der Waals surface area contributed by atoms with Crippen molar-refractivity contribution in [1.29, 1.82) is 0 Å². The zero-order valence-electron chi connectivity index (χ0n) is 6.70. The van der Waals surface area contributed by atoms with Gasteiger partial charge in [0.1, 0.15) is 5.75 Å². The predicted octanol–water partition coefficient (Wildman–Crippen LogP) is 1.37. The predicted molar refractivity (Wildman–Crippen MR) is 41.5 cm³/mol. The van der Waals surface area contributed by atoms with Gasteiger partial charge >= 0.3 is 0 Å². The molecule has 0 spiro atoms. The van der Waals surface area contributed by atoms with Crippen molar-refractivity contribution < 1.29 is 9.47 Å². The lowest BCUT2D eigenvalue weighted by Crippen LogP contribution is -1.99. The minimum atomic E-state index is 0.269. The van der Waals surface area contributed by atoms with Crippen molar-refractivity contribution in [3.8, 4) is 5.75 Å². The summed E-state index contributed by atoms with van der Waals surface area (Å²) in [5.41, 5.74) is 1.08. The largest absolute Gasteiger partial charge is 0.466 e. The van der Waals surface area contributed by atoms with Gasteiger partial charge in [-0.2, -0.15) is 0 Å². The van der Waals surface area contributed by atoms with E-state index in [2.05, 4.69) is 4.98 Å². The van der Waals surface area contributed by atoms with Gasteiger partial charge in [-0.3, -0.25) is 4.98 Å². The molecular formula is C8H11NO2. The first kappa shape index (κ1) is 8.01. The number of hydrogen-bond acceptors (Lipinski definition) is 3. The Hall–Kier alpha value is -1.09. The van der Waals surface area contributed by atoms with Crippen LogP contribution in [-0.2, 0) is 4.74 Å². The van der Waals surface area contributed by atoms with Crippen molar-refractivity contribution in [3.05, 3.63) is 24.0 Å². The van der Waals surface area contributed by atoms with Crippen LogP contribution in [0, 0.1) is 6.92 Å². The van der Waals surface area contributed by atoms with E-state index < -0.39 is 0 Å². The van der Waals surface area contributed by atoms with Crippen LogP contribution in [0.4, 0.5) is 0 Å². The third-order valence-electron chi connectivity index (χ3n) is 1.19. The van der Waals surface area contributed by atoms with Crippen LogP contribution in [-0.4, -0.2) is 18.9 Å². The molecule has 0 fully saturated rings. The van der Waals surface area contributed by atoms with Gasteiger partial charge < -0.3 is 9.47 Å². The fraction of sp³-hybridized carbons (Fsp3) is 0.375. The summed E-state index contributed by atoms with van der Waals surface area (Å²) >= 11 is 0. The minimum absolute atomic E-state index is 0.269. The first-order chi connectivity index (χ1) is 5.33. The molecule has 3 nitrogen and oxygen atoms in total. The van der Waals surface area contributed by atoms with Crippen molar-refractivity contribution in [2.24, 2.45) is 0 Å². The Balaban J connectivity index is 2.56. The number of aromatic nitrogens is 1. The van der Waals surface area contributed by atoms with E-state index in [0.717, 1.165) is 11.3 Å². The zero-order valence-corrected chi connectivity index (χ0v) is 6.70. The van der Waals surface area contributed by atoms with E-state index in [1.54, 1.807) is 19.5 Å². The first-order valence-corrected chi connectivity index (χ1v) is 3.36. The topological polar surface area (TPSA) is 31.4 Å². The highest BCUT2D eigenvalue weighted by Crippen LogP contribution is 2.09. The van der Waals surface area contributed by atoms with E-state index in [0.29, 0.717) is 0 Å². The summed E-state index contributed by atoms with van der Waals surface area (Å²) in [4.78, 5) is 3.96. The number of hydrogen-bond donors (Lipinski definition) is 0. The summed E-state index contributed by atoms with van der Waals surface area (Å²) in [5.74, 6) is 0.742. The summed E-state index contributed by atoms with van der Waals surface area (Å²) in [7, 11) is 1.59. The second kappa shape index (κ2) is 3.93. The van der Waals surface area contributed by atoms with E-state index >= 15 is 0 Å². The van der Waals surface area contributed by atoms with Gasteiger partial charge in [-0.15, -0.1) is 0 Å². The Morgan fingerprint density at radius 2 is 2.27 bits per heavy atom. The van der Waals surface area contributed by atoms with Gasteiger partial charge in [0, 0.05) is 13.3 Å². The summed E-state index contributed by atoms with van der Waals surface area (Å²) in [6.07, 6.45) is 3.44. The first-order valence-electron chi connectivity index (χ1n) is 3.36. The van der Waals surface area contributed by atoms with Gasteiger partial charge in [-0.05, 0) is 18.6 Å². The van der Waals surface area contributed by atoms with E-state index in [9.17, 15) is 0 Å². The van der Waals surface area contributed by atoms with Gasteiger partial charge in [0.2, 0.25) is 0 Å². The molecule has 0 N–H and O–H groups in total. The average Bonchev–Trinajstić information content (AvgIpc) is 2.01. The van der Waals surface area contributed by atoms with Crippen molar-refractivity contribution in [1.82, 2.24) is 4.98 Å². The molecule has 0 aromatic carbocycles. The molecule has 0 amide bonds. The lowest BCUT2D eigenvalue weighted by atomic mass is 10.3. The van der Waals surface area contributed by atoms with Crippen molar-refractivity contribution in [2.45, 2.75) is 6.92 Å². The normalized spacial score (nSPS) is 9.64. The quantitative estimate of drug-likeness (QED) is 0.614. The van der Waals surface area contributed by atoms with Crippen molar-refractivity contribution in [2.75, 3.05) is 13.9 Å². The molecule has 0 unspecified atom stereocenters. The molecule has 1 heterocycles. The van der Waals surface area contributed by atoms with Crippen LogP contribution in [0.2, 0.25) is 0 Å². The highest BCUT2D eigenvalue weighted by Gasteiger charge is 1.91. The molecule has 0 saturated heterocycles. The van der Waals surface area contributed by atoms with Crippen LogP contribution in [0.1, 0.15) is 5.56 Å². The van der Waals surface area contributed by atoms with Crippen molar-refractivity contribution >= 4 is 0 Å². The summed E-state index contributed by atoms with van der Waals surface area (Å²) in [5, 5.41) is 0. The number of methoxy groups -OCH3 is 1. The monoisotopic (exact) mass is 153 g/mol. The van der Waals surface area contributed by atoms with Gasteiger partial charge in [-0.1, -0.05) is 0 Å². The molecule has 0 bridgehead atoms. The maximum atomic E-state index is 5.15. The van der Waals surface area contributed by atoms with Crippen LogP contribution in [0.15, 0.2) is 18.5 Å². The lowest BCUT2D eigenvalue weighted by molar-refractivity contribution is 0.0508. The summed E-state index contributed by atoms with van der Waals surface area (Å²) < 4.78 is 9.89. The molecule has 0 radical (unpaired) electrons. The molecule has 0 aliphatic rings. The number of pyridine rings is 1. The summed E-state index contributed by atoms with van der Waals surface area (Å²) in [6, 6.07) is 1.91. The molecule has 0 saturated carbocycles. The lowest BCUT2D eigenvalue weighted by Gasteiger charge is -2.03. The fourth-order valence-electron chi connectivity index (χ4n) is 0.733. The molecule has 3 heteroatoms. The van der Waals surface area contributed by atoms with Crippen LogP contribution < -0.4 is 4.74 Å². The zero-order chi connectivity index (χ0) is 8.10. The van der Waals surface area contributed by atoms with Crippen LogP contribution in [0.3, 0.4) is 0 Å². The average molecular weight is 153 g/mol. The van der Waals surface area contributed by atoms with E-state index in [-0.39, 0.29) is 6.79 Å². The molecule has 11 heavy (non-hydrogen) atoms. The standard InChI is InChI=1S/C8H11NO2/c1-7-3-8(5-9-4-7)11-6-10-2/h3-5H,6H2,1-2H3. The molecule has 60 valence electrons.